The summed E-state index contributed by atoms with van der Waals surface area (Å²) in [7, 11) is 0. The van der Waals surface area contributed by atoms with Crippen LogP contribution in [0.2, 0.25) is 0 Å². The van der Waals surface area contributed by atoms with Crippen LogP contribution < -0.4 is 0 Å². The summed E-state index contributed by atoms with van der Waals surface area (Å²) in [6.45, 7) is 0. The Morgan fingerprint density at radius 1 is 0.140 bits per heavy atom. The number of pyridine rings is 3. The molecular weight excluding hydrogens is 1660 g/mol. The Kier molecular flexibility index (Phi) is 19.0. The molecule has 28 rings (SSSR count). The number of nitrogens with zero attached hydrogens (tertiary/aromatic N) is 12. The van der Waals surface area contributed by atoms with Crippen molar-refractivity contribution in [3.63, 3.8) is 0 Å². The molecular formula is C124H80N12. The molecule has 0 spiro atoms. The summed E-state index contributed by atoms with van der Waals surface area (Å²) in [5, 5.41) is 17.0. The van der Waals surface area contributed by atoms with Gasteiger partial charge in [0.1, 0.15) is 0 Å². The van der Waals surface area contributed by atoms with Crippen molar-refractivity contribution in [2.75, 3.05) is 0 Å². The largest absolute Gasteiger partial charge is 0.309 e. The van der Waals surface area contributed by atoms with Gasteiger partial charge < -0.3 is 22.8 Å². The first-order valence-electron chi connectivity index (χ1n) is 45.9. The van der Waals surface area contributed by atoms with Crippen LogP contribution in [0.25, 0.3) is 243 Å². The molecule has 10 heterocycles. The normalized spacial score (nSPS) is 11.7. The van der Waals surface area contributed by atoms with Crippen LogP contribution in [0, 0.1) is 0 Å². The number of hydrogen-bond acceptors (Lipinski definition) is 6. The minimum Gasteiger partial charge on any atom is -0.309 e. The molecule has 12 nitrogen and oxygen atoms in total. The average molecular weight is 1740 g/mol. The zero-order valence-electron chi connectivity index (χ0n) is 73.6. The quantitative estimate of drug-likeness (QED) is 0.121. The van der Waals surface area contributed by atoms with E-state index in [0.717, 1.165) is 88.9 Å². The van der Waals surface area contributed by atoms with E-state index < -0.39 is 0 Å². The number of rotatable bonds is 12. The topological polar surface area (TPSA) is 107 Å². The second-order valence-electron chi connectivity index (χ2n) is 34.6. The summed E-state index contributed by atoms with van der Waals surface area (Å²) in [5.74, 6) is 1.84. The monoisotopic (exact) mass is 1740 g/mol. The van der Waals surface area contributed by atoms with Crippen LogP contribution in [0.4, 0.5) is 0 Å². The van der Waals surface area contributed by atoms with Gasteiger partial charge in [0.15, 0.2) is 11.6 Å². The van der Waals surface area contributed by atoms with Gasteiger partial charge in [-0.3, -0.25) is 19.5 Å². The third-order valence-electron chi connectivity index (χ3n) is 26.9. The van der Waals surface area contributed by atoms with Gasteiger partial charge in [0.05, 0.1) is 84.8 Å². The molecule has 18 aromatic carbocycles. The van der Waals surface area contributed by atoms with Crippen LogP contribution in [0.3, 0.4) is 0 Å². The molecule has 0 unspecified atom stereocenters. The molecule has 0 aliphatic carbocycles. The molecule has 28 aromatic rings. The van der Waals surface area contributed by atoms with E-state index in [0.29, 0.717) is 17.6 Å². The van der Waals surface area contributed by atoms with Crippen molar-refractivity contribution in [3.8, 4) is 102 Å². The van der Waals surface area contributed by atoms with Crippen molar-refractivity contribution in [2.45, 2.75) is 0 Å². The Balaban J connectivity index is 0.000000106. The Hall–Kier alpha value is -18.5. The lowest BCUT2D eigenvalue weighted by atomic mass is 10.0. The molecule has 12 heteroatoms. The van der Waals surface area contributed by atoms with E-state index >= 15 is 0 Å². The van der Waals surface area contributed by atoms with Gasteiger partial charge in [-0.1, -0.05) is 297 Å². The molecule has 0 fully saturated rings. The Labute approximate surface area is 781 Å². The van der Waals surface area contributed by atoms with Gasteiger partial charge >= 0.3 is 0 Å². The molecule has 0 amide bonds. The van der Waals surface area contributed by atoms with Crippen LogP contribution >= 0.6 is 0 Å². The van der Waals surface area contributed by atoms with E-state index in [2.05, 4.69) is 425 Å². The zero-order valence-corrected chi connectivity index (χ0v) is 73.6. The van der Waals surface area contributed by atoms with Crippen molar-refractivity contribution in [1.29, 1.82) is 0 Å². The first-order chi connectivity index (χ1) is 67.5. The van der Waals surface area contributed by atoms with Crippen molar-refractivity contribution < 1.29 is 0 Å². The van der Waals surface area contributed by atoms with Gasteiger partial charge in [-0.25, -0.2) is 4.98 Å². The van der Waals surface area contributed by atoms with Gasteiger partial charge in [0.2, 0.25) is 5.95 Å². The number of aromatic nitrogens is 12. The van der Waals surface area contributed by atoms with Crippen LogP contribution in [-0.2, 0) is 0 Å². The van der Waals surface area contributed by atoms with E-state index in [4.69, 9.17) is 15.0 Å². The first kappa shape index (κ1) is 78.5. The fourth-order valence-corrected chi connectivity index (χ4v) is 20.6. The average Bonchev–Trinajstić information content (AvgIpc) is 1.60. The fourth-order valence-electron chi connectivity index (χ4n) is 20.6. The van der Waals surface area contributed by atoms with Crippen molar-refractivity contribution in [2.24, 2.45) is 0 Å². The number of fused-ring (bicyclic) bond motifs is 19. The van der Waals surface area contributed by atoms with E-state index in [1.165, 1.54) is 137 Å². The summed E-state index contributed by atoms with van der Waals surface area (Å²) in [6.07, 6.45) is 11.5. The van der Waals surface area contributed by atoms with E-state index in [1.807, 2.05) is 104 Å². The number of para-hydroxylation sites is 6. The molecule has 0 aliphatic heterocycles. The number of benzene rings is 18. The molecule has 0 atom stereocenters. The molecule has 0 saturated heterocycles. The molecule has 0 radical (unpaired) electrons. The summed E-state index contributed by atoms with van der Waals surface area (Å²) in [5.41, 5.74) is 30.8. The van der Waals surface area contributed by atoms with E-state index in [1.54, 1.807) is 0 Å². The molecule has 0 saturated carbocycles. The Bertz CT molecular complexity index is 9470. The van der Waals surface area contributed by atoms with Crippen molar-refractivity contribution in [1.82, 2.24) is 57.3 Å². The van der Waals surface area contributed by atoms with Crippen LogP contribution in [0.5, 0.6) is 0 Å². The summed E-state index contributed by atoms with van der Waals surface area (Å²) in [6, 6.07) is 160. The third-order valence-corrected chi connectivity index (χ3v) is 26.9. The number of hydrogen-bond donors (Lipinski definition) is 0. The van der Waals surface area contributed by atoms with Crippen LogP contribution in [0.15, 0.2) is 486 Å². The minimum absolute atomic E-state index is 0.579. The van der Waals surface area contributed by atoms with Crippen LogP contribution in [-0.4, -0.2) is 57.3 Å². The highest BCUT2D eigenvalue weighted by atomic mass is 15.2. The molecule has 0 N–H and O–H groups in total. The summed E-state index contributed by atoms with van der Waals surface area (Å²) >= 11 is 0. The van der Waals surface area contributed by atoms with Gasteiger partial charge in [-0.2, -0.15) is 9.97 Å². The Morgan fingerprint density at radius 2 is 0.412 bits per heavy atom. The smallest absolute Gasteiger partial charge is 0.238 e. The maximum absolute atomic E-state index is 5.11. The minimum atomic E-state index is 0.579. The molecule has 0 bridgehead atoms. The van der Waals surface area contributed by atoms with Gasteiger partial charge in [0.25, 0.3) is 0 Å². The summed E-state index contributed by atoms with van der Waals surface area (Å²) < 4.78 is 13.9. The van der Waals surface area contributed by atoms with Gasteiger partial charge in [-0.15, -0.1) is 0 Å². The highest BCUT2D eigenvalue weighted by Gasteiger charge is 2.24. The SMILES string of the molecule is c1ccc(-c2ccc(-n3c4ccccc4c4ccc(-c5ccc6c(c5)c5ccncc5n6-c5ccccc5)cc43)cc2)cc1.c1ccc(-c2nc(-c3ccccc3)nc(-n3c4ccccc4c4ccc(-c5ccc6c(c5)c5ccncc5n6-c5ccccc5)cc43)n2)cc1.c1ccc(-n2c3ccc(-c4ccc5c6ccccc6n(-c6ccc7ccccc7c6)c5c4)cc3c3ccncc32)cc1. The lowest BCUT2D eigenvalue weighted by Crippen LogP contribution is -2.06. The predicted molar refractivity (Wildman–Crippen MR) is 562 cm³/mol. The fraction of sp³-hybridized carbons (Fsp3) is 0. The second kappa shape index (κ2) is 32.8. The molecule has 10 aromatic heterocycles. The standard InChI is InChI=1S/C44H28N6.C41H27N3.C39H25N3/c1-4-12-29(13-5-1)42-46-43(30-14-6-2-7-15-30)48-44(47-42)50-38-19-11-10-18-34(38)35-22-20-32(27-40(35)50)31-21-23-39-37(26-31)36-24-25-45-28-41(36)49(39)33-16-8-3-9-17-33;1-3-9-28(10-4-1)29-15-19-33(20-16-29)43-38-14-8-7-13-34(38)35-21-17-31(26-40(35)43)30-18-22-39-37(25-30)36-23-24-42-27-41(36)44(39)32-11-5-2-6-12-32;1-2-10-30(11-3-1)41-37-19-16-28(23-35(37)34-20-21-40-25-39(34)41)29-15-18-33-32-12-6-7-13-36(32)42(38(33)24-29)31-17-14-26-8-4-5-9-27(26)22-31/h1-28H;1-27H;1-25H. The summed E-state index contributed by atoms with van der Waals surface area (Å²) in [4.78, 5) is 28.6. The van der Waals surface area contributed by atoms with Crippen LogP contribution in [0.1, 0.15) is 0 Å². The van der Waals surface area contributed by atoms with E-state index in [-0.39, 0.29) is 0 Å². The third kappa shape index (κ3) is 13.4. The maximum Gasteiger partial charge on any atom is 0.238 e. The van der Waals surface area contributed by atoms with Crippen molar-refractivity contribution in [3.05, 3.63) is 486 Å². The lowest BCUT2D eigenvalue weighted by Gasteiger charge is -2.11. The Morgan fingerprint density at radius 3 is 0.824 bits per heavy atom. The first-order valence-corrected chi connectivity index (χ1v) is 45.9. The highest BCUT2D eigenvalue weighted by Crippen LogP contribution is 2.45. The maximum atomic E-state index is 5.11. The molecule has 636 valence electrons. The van der Waals surface area contributed by atoms with Crippen molar-refractivity contribution >= 4 is 142 Å². The lowest BCUT2D eigenvalue weighted by molar-refractivity contribution is 0.953. The molecule has 0 aliphatic rings. The highest BCUT2D eigenvalue weighted by molar-refractivity contribution is 6.17. The zero-order chi connectivity index (χ0) is 89.7. The molecule has 136 heavy (non-hydrogen) atoms. The van der Waals surface area contributed by atoms with Gasteiger partial charge in [-0.05, 0) is 207 Å². The predicted octanol–water partition coefficient (Wildman–Crippen LogP) is 31.2. The van der Waals surface area contributed by atoms with Gasteiger partial charge in [0, 0.05) is 123 Å². The second-order valence-corrected chi connectivity index (χ2v) is 34.6. The van der Waals surface area contributed by atoms with E-state index in [9.17, 15) is 0 Å².